The second-order valence-corrected chi connectivity index (χ2v) is 5.77. The van der Waals surface area contributed by atoms with E-state index >= 15 is 0 Å². The largest absolute Gasteiger partial charge is 0.497 e. The second-order valence-electron chi connectivity index (χ2n) is 5.77. The molecule has 22 heavy (non-hydrogen) atoms. The number of aryl methyl sites for hydroxylation is 1. The number of nitrogens with one attached hydrogen (secondary N) is 1. The quantitative estimate of drug-likeness (QED) is 0.942. The van der Waals surface area contributed by atoms with Crippen LogP contribution in [0, 0.1) is 5.92 Å². The summed E-state index contributed by atoms with van der Waals surface area (Å²) in [6, 6.07) is 7.79. The first kappa shape index (κ1) is 14.6. The smallest absolute Gasteiger partial charge is 0.224 e. The van der Waals surface area contributed by atoms with E-state index in [1.165, 1.54) is 0 Å². The van der Waals surface area contributed by atoms with Gasteiger partial charge in [0.15, 0.2) is 0 Å². The molecule has 1 N–H and O–H groups in total. The normalized spacial score (nSPS) is 18.4. The third kappa shape index (κ3) is 2.98. The zero-order valence-electron chi connectivity index (χ0n) is 13.0. The summed E-state index contributed by atoms with van der Waals surface area (Å²) in [5, 5.41) is 3.12. The summed E-state index contributed by atoms with van der Waals surface area (Å²) in [7, 11) is 1.65. The average molecular weight is 299 g/mol. The van der Waals surface area contributed by atoms with Gasteiger partial charge in [0.05, 0.1) is 19.5 Å². The number of benzene rings is 1. The molecule has 1 aromatic carbocycles. The van der Waals surface area contributed by atoms with Gasteiger partial charge in [0.2, 0.25) is 5.91 Å². The fourth-order valence-electron chi connectivity index (χ4n) is 2.90. The highest BCUT2D eigenvalue weighted by atomic mass is 16.5. The maximum Gasteiger partial charge on any atom is 0.224 e. The number of hydrogen-bond donors (Lipinski definition) is 1. The van der Waals surface area contributed by atoms with Gasteiger partial charge in [0.25, 0.3) is 0 Å². The van der Waals surface area contributed by atoms with Gasteiger partial charge in [-0.05, 0) is 31.0 Å². The fourth-order valence-corrected chi connectivity index (χ4v) is 2.90. The molecule has 2 heterocycles. The molecule has 0 fully saturated rings. The molecule has 2 atom stereocenters. The fraction of sp³-hybridized carbons (Fsp3) is 0.412. The number of carbonyl (C=O) groups excluding carboxylic acids is 1. The first-order chi connectivity index (χ1) is 10.7. The van der Waals surface area contributed by atoms with Crippen molar-refractivity contribution < 1.29 is 9.53 Å². The summed E-state index contributed by atoms with van der Waals surface area (Å²) >= 11 is 0. The first-order valence-electron chi connectivity index (χ1n) is 7.60. The zero-order valence-corrected chi connectivity index (χ0v) is 13.0. The van der Waals surface area contributed by atoms with Crippen LogP contribution in [0.5, 0.6) is 5.75 Å². The first-order valence-corrected chi connectivity index (χ1v) is 7.60. The predicted molar refractivity (Wildman–Crippen MR) is 83.6 cm³/mol. The van der Waals surface area contributed by atoms with Crippen molar-refractivity contribution in [2.45, 2.75) is 32.4 Å². The van der Waals surface area contributed by atoms with E-state index < -0.39 is 0 Å². The van der Waals surface area contributed by atoms with Gasteiger partial charge in [-0.3, -0.25) is 4.79 Å². The molecule has 5 heteroatoms. The molecule has 0 spiro atoms. The van der Waals surface area contributed by atoms with E-state index in [0.29, 0.717) is 0 Å². The molecule has 2 aromatic rings. The minimum Gasteiger partial charge on any atom is -0.497 e. The van der Waals surface area contributed by atoms with Crippen LogP contribution in [0.25, 0.3) is 0 Å². The van der Waals surface area contributed by atoms with Gasteiger partial charge >= 0.3 is 0 Å². The lowest BCUT2D eigenvalue weighted by atomic mass is 9.94. The lowest BCUT2D eigenvalue weighted by Crippen LogP contribution is -2.36. The average Bonchev–Trinajstić information content (AvgIpc) is 3.02. The van der Waals surface area contributed by atoms with E-state index in [9.17, 15) is 4.79 Å². The van der Waals surface area contributed by atoms with Crippen LogP contribution in [0.1, 0.15) is 30.6 Å². The van der Waals surface area contributed by atoms with E-state index in [-0.39, 0.29) is 17.9 Å². The standard InChI is InChI=1S/C17H21N3O2/c1-12(13-3-5-16(22-2)6-4-13)19-17(21)14-7-8-20-11-18-10-15(20)9-14/h3-6,10-12,14H,7-9H2,1-2H3,(H,19,21). The van der Waals surface area contributed by atoms with Gasteiger partial charge in [-0.2, -0.15) is 0 Å². The highest BCUT2D eigenvalue weighted by Crippen LogP contribution is 2.22. The molecule has 0 saturated carbocycles. The molecular formula is C17H21N3O2. The molecule has 1 amide bonds. The van der Waals surface area contributed by atoms with Gasteiger partial charge in [0, 0.05) is 30.8 Å². The van der Waals surface area contributed by atoms with Crippen LogP contribution in [0.15, 0.2) is 36.8 Å². The molecule has 0 aliphatic carbocycles. The highest BCUT2D eigenvalue weighted by Gasteiger charge is 2.25. The van der Waals surface area contributed by atoms with E-state index in [0.717, 1.165) is 36.4 Å². The Balaban J connectivity index is 1.61. The number of methoxy groups -OCH3 is 1. The number of aromatic nitrogens is 2. The van der Waals surface area contributed by atoms with Gasteiger partial charge in [-0.1, -0.05) is 12.1 Å². The predicted octanol–water partition coefficient (Wildman–Crippen LogP) is 2.33. The minimum atomic E-state index is -0.00903. The molecule has 0 bridgehead atoms. The van der Waals surface area contributed by atoms with Crippen LogP contribution in [-0.4, -0.2) is 22.6 Å². The maximum atomic E-state index is 12.5. The SMILES string of the molecule is COc1ccc(C(C)NC(=O)C2CCn3cncc3C2)cc1. The van der Waals surface area contributed by atoms with Crippen molar-refractivity contribution in [2.75, 3.05) is 7.11 Å². The van der Waals surface area contributed by atoms with Crippen LogP contribution < -0.4 is 10.1 Å². The van der Waals surface area contributed by atoms with Gasteiger partial charge in [-0.25, -0.2) is 4.98 Å². The molecule has 0 radical (unpaired) electrons. The van der Waals surface area contributed by atoms with Gasteiger partial charge in [0.1, 0.15) is 5.75 Å². The van der Waals surface area contributed by atoms with E-state index in [4.69, 9.17) is 4.74 Å². The molecule has 2 unspecified atom stereocenters. The summed E-state index contributed by atoms with van der Waals surface area (Å²) in [5.41, 5.74) is 2.22. The minimum absolute atomic E-state index is 0.00903. The van der Waals surface area contributed by atoms with Crippen molar-refractivity contribution in [3.05, 3.63) is 48.0 Å². The van der Waals surface area contributed by atoms with Crippen LogP contribution in [0.4, 0.5) is 0 Å². The van der Waals surface area contributed by atoms with Gasteiger partial charge < -0.3 is 14.6 Å². The lowest BCUT2D eigenvalue weighted by molar-refractivity contribution is -0.126. The third-order valence-corrected chi connectivity index (χ3v) is 4.32. The van der Waals surface area contributed by atoms with E-state index in [1.807, 2.05) is 43.7 Å². The second kappa shape index (κ2) is 6.22. The van der Waals surface area contributed by atoms with Gasteiger partial charge in [-0.15, -0.1) is 0 Å². The van der Waals surface area contributed by atoms with Crippen molar-refractivity contribution in [1.82, 2.24) is 14.9 Å². The molecule has 1 aromatic heterocycles. The molecule has 1 aliphatic heterocycles. The van der Waals surface area contributed by atoms with Crippen LogP contribution in [-0.2, 0) is 17.8 Å². The number of carbonyl (C=O) groups is 1. The third-order valence-electron chi connectivity index (χ3n) is 4.32. The van der Waals surface area contributed by atoms with Crippen LogP contribution in [0.3, 0.4) is 0 Å². The summed E-state index contributed by atoms with van der Waals surface area (Å²) in [4.78, 5) is 16.6. The maximum absolute atomic E-state index is 12.5. The van der Waals surface area contributed by atoms with E-state index in [1.54, 1.807) is 7.11 Å². The number of nitrogens with zero attached hydrogens (tertiary/aromatic N) is 2. The monoisotopic (exact) mass is 299 g/mol. The summed E-state index contributed by atoms with van der Waals surface area (Å²) in [6.07, 6.45) is 5.32. The lowest BCUT2D eigenvalue weighted by Gasteiger charge is -2.25. The van der Waals surface area contributed by atoms with E-state index in [2.05, 4.69) is 14.9 Å². The van der Waals surface area contributed by atoms with Crippen molar-refractivity contribution >= 4 is 5.91 Å². The summed E-state index contributed by atoms with van der Waals surface area (Å²) in [6.45, 7) is 2.87. The Bertz CT molecular complexity index is 648. The Morgan fingerprint density at radius 2 is 2.18 bits per heavy atom. The van der Waals surface area contributed by atoms with Crippen molar-refractivity contribution in [2.24, 2.45) is 5.92 Å². The number of fused-ring (bicyclic) bond motifs is 1. The molecule has 3 rings (SSSR count). The van der Waals surface area contributed by atoms with Crippen LogP contribution in [0.2, 0.25) is 0 Å². The number of imidazole rings is 1. The molecular weight excluding hydrogens is 278 g/mol. The molecule has 5 nitrogen and oxygen atoms in total. The Hall–Kier alpha value is -2.30. The Morgan fingerprint density at radius 3 is 2.91 bits per heavy atom. The Morgan fingerprint density at radius 1 is 1.41 bits per heavy atom. The number of amides is 1. The topological polar surface area (TPSA) is 56.1 Å². The van der Waals surface area contributed by atoms with Crippen molar-refractivity contribution in [3.63, 3.8) is 0 Å². The number of hydrogen-bond acceptors (Lipinski definition) is 3. The highest BCUT2D eigenvalue weighted by molar-refractivity contribution is 5.79. The zero-order chi connectivity index (χ0) is 15.5. The summed E-state index contributed by atoms with van der Waals surface area (Å²) < 4.78 is 7.28. The number of ether oxygens (including phenoxy) is 1. The molecule has 1 aliphatic rings. The molecule has 116 valence electrons. The Kier molecular flexibility index (Phi) is 4.13. The Labute approximate surface area is 130 Å². The summed E-state index contributed by atoms with van der Waals surface area (Å²) in [5.74, 6) is 0.975. The number of rotatable bonds is 4. The van der Waals surface area contributed by atoms with Crippen molar-refractivity contribution in [3.8, 4) is 5.75 Å². The van der Waals surface area contributed by atoms with Crippen LogP contribution >= 0.6 is 0 Å². The molecule has 0 saturated heterocycles. The van der Waals surface area contributed by atoms with Crippen molar-refractivity contribution in [1.29, 1.82) is 0 Å².